The molecule has 0 heterocycles. The molecule has 1 aliphatic carbocycles. The number of anilines is 1. The number of benzene rings is 2. The van der Waals surface area contributed by atoms with E-state index < -0.39 is 15.4 Å². The largest absolute Gasteiger partial charge is 0.465 e. The first-order valence-electron chi connectivity index (χ1n) is 7.83. The van der Waals surface area contributed by atoms with Crippen LogP contribution in [0.25, 0.3) is 0 Å². The second kappa shape index (κ2) is 6.28. The van der Waals surface area contributed by atoms with Gasteiger partial charge in [-0.1, -0.05) is 30.3 Å². The van der Waals surface area contributed by atoms with Crippen LogP contribution in [0, 0.1) is 0 Å². The summed E-state index contributed by atoms with van der Waals surface area (Å²) in [7, 11) is -3.61. The molecule has 0 bridgehead atoms. The van der Waals surface area contributed by atoms with Gasteiger partial charge in [-0.3, -0.25) is 9.52 Å². The Labute approximate surface area is 141 Å². The van der Waals surface area contributed by atoms with Gasteiger partial charge in [0.15, 0.2) is 0 Å². The van der Waals surface area contributed by atoms with E-state index >= 15 is 0 Å². The Bertz CT molecular complexity index is 825. The fraction of sp³-hybridized carbons (Fsp3) is 0.278. The zero-order valence-electron chi connectivity index (χ0n) is 13.4. The van der Waals surface area contributed by atoms with Crippen LogP contribution in [-0.4, -0.2) is 21.0 Å². The number of carbonyl (C=O) groups is 1. The molecule has 3 rings (SSSR count). The van der Waals surface area contributed by atoms with Gasteiger partial charge in [0.2, 0.25) is 0 Å². The third-order valence-electron chi connectivity index (χ3n) is 4.16. The molecule has 126 valence electrons. The van der Waals surface area contributed by atoms with Crippen molar-refractivity contribution in [3.05, 3.63) is 60.2 Å². The minimum atomic E-state index is -3.61. The van der Waals surface area contributed by atoms with Gasteiger partial charge in [0.1, 0.15) is 0 Å². The molecule has 2 aromatic rings. The zero-order chi connectivity index (χ0) is 17.2. The maximum Gasteiger partial charge on any atom is 0.316 e. The highest BCUT2D eigenvalue weighted by atomic mass is 32.2. The maximum absolute atomic E-state index is 12.3. The first-order chi connectivity index (χ1) is 11.5. The number of rotatable bonds is 6. The lowest BCUT2D eigenvalue weighted by Gasteiger charge is -2.15. The molecular formula is C18H19NO4S. The average molecular weight is 345 g/mol. The van der Waals surface area contributed by atoms with E-state index in [1.807, 2.05) is 0 Å². The molecule has 0 spiro atoms. The Kier molecular flexibility index (Phi) is 4.32. The van der Waals surface area contributed by atoms with Crippen molar-refractivity contribution in [1.29, 1.82) is 0 Å². The van der Waals surface area contributed by atoms with E-state index in [1.54, 1.807) is 49.4 Å². The molecule has 0 unspecified atom stereocenters. The predicted octanol–water partition coefficient (Wildman–Crippen LogP) is 3.08. The van der Waals surface area contributed by atoms with Crippen LogP contribution in [0.4, 0.5) is 5.69 Å². The van der Waals surface area contributed by atoms with Crippen LogP contribution < -0.4 is 4.72 Å². The molecule has 0 aromatic heterocycles. The summed E-state index contributed by atoms with van der Waals surface area (Å²) in [6.07, 6.45) is 1.53. The number of hydrogen-bond acceptors (Lipinski definition) is 4. The van der Waals surface area contributed by atoms with E-state index in [0.29, 0.717) is 12.3 Å². The number of carbonyl (C=O) groups excluding carboxylic acids is 1. The summed E-state index contributed by atoms with van der Waals surface area (Å²) in [6.45, 7) is 2.14. The third kappa shape index (κ3) is 3.14. The first kappa shape index (κ1) is 16.5. The second-order valence-corrected chi connectivity index (χ2v) is 7.48. The van der Waals surface area contributed by atoms with Crippen molar-refractivity contribution in [3.63, 3.8) is 0 Å². The molecule has 0 radical (unpaired) electrons. The van der Waals surface area contributed by atoms with Gasteiger partial charge >= 0.3 is 5.97 Å². The van der Waals surface area contributed by atoms with Crippen LogP contribution in [-0.2, 0) is 25.0 Å². The summed E-state index contributed by atoms with van der Waals surface area (Å²) in [5.74, 6) is -0.206. The summed E-state index contributed by atoms with van der Waals surface area (Å²) >= 11 is 0. The summed E-state index contributed by atoms with van der Waals surface area (Å²) in [5.41, 5.74) is 0.776. The fourth-order valence-electron chi connectivity index (χ4n) is 2.68. The van der Waals surface area contributed by atoms with Crippen molar-refractivity contribution in [3.8, 4) is 0 Å². The average Bonchev–Trinajstić information content (AvgIpc) is 3.38. The van der Waals surface area contributed by atoms with Crippen LogP contribution in [0.2, 0.25) is 0 Å². The van der Waals surface area contributed by atoms with Crippen molar-refractivity contribution in [2.45, 2.75) is 30.1 Å². The highest BCUT2D eigenvalue weighted by molar-refractivity contribution is 7.92. The first-order valence-corrected chi connectivity index (χ1v) is 9.32. The molecule has 0 aliphatic heterocycles. The van der Waals surface area contributed by atoms with Crippen molar-refractivity contribution in [1.82, 2.24) is 0 Å². The number of hydrogen-bond donors (Lipinski definition) is 1. The zero-order valence-corrected chi connectivity index (χ0v) is 14.2. The van der Waals surface area contributed by atoms with Crippen molar-refractivity contribution in [2.75, 3.05) is 11.3 Å². The van der Waals surface area contributed by atoms with Gasteiger partial charge in [0.25, 0.3) is 10.0 Å². The van der Waals surface area contributed by atoms with Gasteiger partial charge in [0.05, 0.1) is 16.9 Å². The monoisotopic (exact) mass is 345 g/mol. The molecule has 5 nitrogen and oxygen atoms in total. The quantitative estimate of drug-likeness (QED) is 0.817. The molecule has 1 aliphatic rings. The van der Waals surface area contributed by atoms with Gasteiger partial charge in [-0.15, -0.1) is 0 Å². The molecule has 1 saturated carbocycles. The van der Waals surface area contributed by atoms with Crippen molar-refractivity contribution < 1.29 is 17.9 Å². The summed E-state index contributed by atoms with van der Waals surface area (Å²) in [5, 5.41) is 0. The third-order valence-corrected chi connectivity index (χ3v) is 5.56. The van der Waals surface area contributed by atoms with E-state index in [-0.39, 0.29) is 10.9 Å². The lowest BCUT2D eigenvalue weighted by Crippen LogP contribution is -2.23. The molecular weight excluding hydrogens is 326 g/mol. The van der Waals surface area contributed by atoms with E-state index in [2.05, 4.69) is 4.72 Å². The lowest BCUT2D eigenvalue weighted by atomic mass is 9.96. The van der Waals surface area contributed by atoms with Crippen LogP contribution in [0.5, 0.6) is 0 Å². The van der Waals surface area contributed by atoms with Crippen LogP contribution >= 0.6 is 0 Å². The van der Waals surface area contributed by atoms with Gasteiger partial charge in [0, 0.05) is 5.69 Å². The normalized spacial score (nSPS) is 15.5. The number of nitrogens with one attached hydrogen (secondary N) is 1. The summed E-state index contributed by atoms with van der Waals surface area (Å²) in [4.78, 5) is 12.3. The summed E-state index contributed by atoms with van der Waals surface area (Å²) < 4.78 is 32.3. The van der Waals surface area contributed by atoms with Gasteiger partial charge < -0.3 is 4.74 Å². The number of esters is 1. The van der Waals surface area contributed by atoms with Gasteiger partial charge in [-0.25, -0.2) is 8.42 Å². The SMILES string of the molecule is CCOC(=O)C1(c2ccc(NS(=O)(=O)c3ccccc3)cc2)CC1. The predicted molar refractivity (Wildman–Crippen MR) is 91.2 cm³/mol. The Morgan fingerprint density at radius 3 is 2.25 bits per heavy atom. The minimum Gasteiger partial charge on any atom is -0.465 e. The minimum absolute atomic E-state index is 0.206. The van der Waals surface area contributed by atoms with Crippen molar-refractivity contribution in [2.24, 2.45) is 0 Å². The Balaban J connectivity index is 1.77. The van der Waals surface area contributed by atoms with E-state index in [4.69, 9.17) is 4.74 Å². The molecule has 1 N–H and O–H groups in total. The number of sulfonamides is 1. The Hall–Kier alpha value is -2.34. The molecule has 0 amide bonds. The number of ether oxygens (including phenoxy) is 1. The topological polar surface area (TPSA) is 72.5 Å². The molecule has 0 saturated heterocycles. The lowest BCUT2D eigenvalue weighted by molar-refractivity contribution is -0.146. The molecule has 0 atom stereocenters. The fourth-order valence-corrected chi connectivity index (χ4v) is 3.76. The van der Waals surface area contributed by atoms with Gasteiger partial charge in [-0.2, -0.15) is 0 Å². The second-order valence-electron chi connectivity index (χ2n) is 5.80. The Morgan fingerprint density at radius 2 is 1.71 bits per heavy atom. The molecule has 24 heavy (non-hydrogen) atoms. The van der Waals surface area contributed by atoms with Gasteiger partial charge in [-0.05, 0) is 49.6 Å². The Morgan fingerprint density at radius 1 is 1.08 bits per heavy atom. The molecule has 6 heteroatoms. The summed E-state index contributed by atoms with van der Waals surface area (Å²) in [6, 6.07) is 15.1. The van der Waals surface area contributed by atoms with Crippen LogP contribution in [0.1, 0.15) is 25.3 Å². The molecule has 2 aromatic carbocycles. The van der Waals surface area contributed by atoms with E-state index in [1.165, 1.54) is 12.1 Å². The van der Waals surface area contributed by atoms with E-state index in [0.717, 1.165) is 18.4 Å². The highest BCUT2D eigenvalue weighted by Crippen LogP contribution is 2.49. The highest BCUT2D eigenvalue weighted by Gasteiger charge is 2.52. The van der Waals surface area contributed by atoms with Crippen LogP contribution in [0.3, 0.4) is 0 Å². The maximum atomic E-state index is 12.3. The van der Waals surface area contributed by atoms with Crippen molar-refractivity contribution >= 4 is 21.7 Å². The standard InChI is InChI=1S/C18H19NO4S/c1-2-23-17(20)18(12-13-18)14-8-10-15(11-9-14)19-24(21,22)16-6-4-3-5-7-16/h3-11,19H,2,12-13H2,1H3. The smallest absolute Gasteiger partial charge is 0.316 e. The van der Waals surface area contributed by atoms with Crippen LogP contribution in [0.15, 0.2) is 59.5 Å². The molecule has 1 fully saturated rings. The van der Waals surface area contributed by atoms with E-state index in [9.17, 15) is 13.2 Å².